The smallest absolute Gasteiger partial charge is 0.310 e. The minimum absolute atomic E-state index is 0.135. The van der Waals surface area contributed by atoms with Crippen molar-refractivity contribution in [3.8, 4) is 0 Å². The zero-order valence-corrected chi connectivity index (χ0v) is 14.6. The summed E-state index contributed by atoms with van der Waals surface area (Å²) in [5.41, 5.74) is 1.40. The van der Waals surface area contributed by atoms with Gasteiger partial charge in [-0.3, -0.25) is 9.79 Å². The number of guanidine groups is 1. The summed E-state index contributed by atoms with van der Waals surface area (Å²) in [7, 11) is 3.12. The van der Waals surface area contributed by atoms with E-state index in [1.165, 1.54) is 12.7 Å². The van der Waals surface area contributed by atoms with Gasteiger partial charge >= 0.3 is 5.97 Å². The summed E-state index contributed by atoms with van der Waals surface area (Å²) in [6.07, 6.45) is 2.27. The maximum Gasteiger partial charge on any atom is 0.310 e. The van der Waals surface area contributed by atoms with E-state index in [4.69, 9.17) is 16.3 Å². The van der Waals surface area contributed by atoms with Crippen molar-refractivity contribution in [1.82, 2.24) is 10.6 Å². The van der Waals surface area contributed by atoms with Gasteiger partial charge in [0.15, 0.2) is 5.96 Å². The number of carbonyl (C=O) groups is 1. The van der Waals surface area contributed by atoms with Crippen molar-refractivity contribution in [3.63, 3.8) is 0 Å². The molecule has 2 rings (SSSR count). The lowest BCUT2D eigenvalue weighted by Crippen LogP contribution is -2.43. The molecule has 1 fully saturated rings. The van der Waals surface area contributed by atoms with Gasteiger partial charge in [-0.1, -0.05) is 30.7 Å². The maximum absolute atomic E-state index is 11.4. The highest BCUT2D eigenvalue weighted by Crippen LogP contribution is 2.48. The molecule has 0 radical (unpaired) electrons. The third-order valence-corrected chi connectivity index (χ3v) is 4.52. The molecule has 0 bridgehead atoms. The van der Waals surface area contributed by atoms with Crippen molar-refractivity contribution >= 4 is 23.5 Å². The van der Waals surface area contributed by atoms with Gasteiger partial charge in [-0.2, -0.15) is 0 Å². The summed E-state index contributed by atoms with van der Waals surface area (Å²) in [5.74, 6) is 0.237. The molecular weight excluding hydrogens is 314 g/mol. The SMILES string of the molecule is CN=C(NCC(C)C(=O)OC)NCC1(c2cccc(Cl)c2)CC1. The molecule has 6 heteroatoms. The lowest BCUT2D eigenvalue weighted by Gasteiger charge is -2.20. The van der Waals surface area contributed by atoms with Gasteiger partial charge in [-0.25, -0.2) is 0 Å². The van der Waals surface area contributed by atoms with E-state index in [9.17, 15) is 4.79 Å². The molecule has 1 unspecified atom stereocenters. The molecule has 2 N–H and O–H groups in total. The van der Waals surface area contributed by atoms with E-state index in [0.717, 1.165) is 24.4 Å². The van der Waals surface area contributed by atoms with E-state index in [0.29, 0.717) is 12.5 Å². The minimum Gasteiger partial charge on any atom is -0.469 e. The van der Waals surface area contributed by atoms with E-state index in [1.807, 2.05) is 25.1 Å². The number of benzene rings is 1. The molecule has 5 nitrogen and oxygen atoms in total. The van der Waals surface area contributed by atoms with Crippen LogP contribution in [-0.2, 0) is 14.9 Å². The fourth-order valence-corrected chi connectivity index (χ4v) is 2.73. The molecule has 0 amide bonds. The van der Waals surface area contributed by atoms with Gasteiger partial charge in [-0.15, -0.1) is 0 Å². The third-order valence-electron chi connectivity index (χ3n) is 4.29. The van der Waals surface area contributed by atoms with Crippen LogP contribution >= 0.6 is 11.6 Å². The highest BCUT2D eigenvalue weighted by Gasteiger charge is 2.44. The van der Waals surface area contributed by atoms with Crippen LogP contribution in [0.2, 0.25) is 5.02 Å². The van der Waals surface area contributed by atoms with Crippen molar-refractivity contribution < 1.29 is 9.53 Å². The zero-order chi connectivity index (χ0) is 16.9. The molecule has 1 aromatic carbocycles. The third kappa shape index (κ3) is 4.61. The fraction of sp³-hybridized carbons (Fsp3) is 0.529. The zero-order valence-electron chi connectivity index (χ0n) is 13.9. The molecule has 1 atom stereocenters. The molecule has 0 saturated heterocycles. The Morgan fingerprint density at radius 3 is 2.74 bits per heavy atom. The monoisotopic (exact) mass is 337 g/mol. The number of methoxy groups -OCH3 is 1. The number of hydrogen-bond donors (Lipinski definition) is 2. The van der Waals surface area contributed by atoms with Crippen molar-refractivity contribution in [2.45, 2.75) is 25.2 Å². The summed E-state index contributed by atoms with van der Waals surface area (Å²) in [6.45, 7) is 3.09. The van der Waals surface area contributed by atoms with E-state index in [-0.39, 0.29) is 17.3 Å². The molecular formula is C17H24ClN3O2. The van der Waals surface area contributed by atoms with E-state index >= 15 is 0 Å². The van der Waals surface area contributed by atoms with Crippen molar-refractivity contribution in [1.29, 1.82) is 0 Å². The first-order valence-corrected chi connectivity index (χ1v) is 8.17. The van der Waals surface area contributed by atoms with Gasteiger partial charge < -0.3 is 15.4 Å². The number of aliphatic imine (C=N–C) groups is 1. The number of halogens is 1. The van der Waals surface area contributed by atoms with Gasteiger partial charge in [0.1, 0.15) is 0 Å². The summed E-state index contributed by atoms with van der Waals surface area (Å²) in [5, 5.41) is 7.27. The number of rotatable bonds is 6. The van der Waals surface area contributed by atoms with Crippen LogP contribution in [0, 0.1) is 5.92 Å². The molecule has 1 saturated carbocycles. The standard InChI is InChI=1S/C17H24ClN3O2/c1-12(15(22)23-3)10-20-16(19-2)21-11-17(7-8-17)13-5-4-6-14(18)9-13/h4-6,9,12H,7-8,10-11H2,1-3H3,(H2,19,20,21). The Kier molecular flexibility index (Phi) is 5.88. The van der Waals surface area contributed by atoms with E-state index in [2.05, 4.69) is 21.7 Å². The average Bonchev–Trinajstić information content (AvgIpc) is 3.35. The van der Waals surface area contributed by atoms with Crippen LogP contribution in [0.1, 0.15) is 25.3 Å². The minimum atomic E-state index is -0.231. The van der Waals surface area contributed by atoms with Crippen LogP contribution in [0.4, 0.5) is 0 Å². The first-order valence-electron chi connectivity index (χ1n) is 7.79. The summed E-state index contributed by atoms with van der Waals surface area (Å²) in [6, 6.07) is 8.04. The van der Waals surface area contributed by atoms with Crippen LogP contribution in [0.3, 0.4) is 0 Å². The van der Waals surface area contributed by atoms with E-state index in [1.54, 1.807) is 7.05 Å². The molecule has 1 aliphatic carbocycles. The number of nitrogens with one attached hydrogen (secondary N) is 2. The molecule has 0 spiro atoms. The largest absolute Gasteiger partial charge is 0.469 e. The molecule has 0 aromatic heterocycles. The Hall–Kier alpha value is -1.75. The first kappa shape index (κ1) is 17.6. The Morgan fingerprint density at radius 1 is 1.43 bits per heavy atom. The van der Waals surface area contributed by atoms with Gasteiger partial charge in [0, 0.05) is 30.6 Å². The topological polar surface area (TPSA) is 62.7 Å². The average molecular weight is 338 g/mol. The van der Waals surface area contributed by atoms with Crippen molar-refractivity contribution in [2.75, 3.05) is 27.2 Å². The Balaban J connectivity index is 1.87. The lowest BCUT2D eigenvalue weighted by molar-refractivity contribution is -0.144. The second-order valence-electron chi connectivity index (χ2n) is 6.02. The van der Waals surface area contributed by atoms with E-state index < -0.39 is 0 Å². The predicted molar refractivity (Wildman–Crippen MR) is 92.9 cm³/mol. The van der Waals surface area contributed by atoms with Crippen molar-refractivity contribution in [2.24, 2.45) is 10.9 Å². The van der Waals surface area contributed by atoms with Crippen LogP contribution in [0.5, 0.6) is 0 Å². The van der Waals surface area contributed by atoms with Crippen LogP contribution in [0.25, 0.3) is 0 Å². The number of nitrogens with zero attached hydrogens (tertiary/aromatic N) is 1. The molecule has 1 aromatic rings. The maximum atomic E-state index is 11.4. The number of esters is 1. The van der Waals surface area contributed by atoms with Crippen LogP contribution < -0.4 is 10.6 Å². The number of ether oxygens (including phenoxy) is 1. The molecule has 126 valence electrons. The highest BCUT2D eigenvalue weighted by atomic mass is 35.5. The fourth-order valence-electron chi connectivity index (χ4n) is 2.54. The normalized spacial score (nSPS) is 17.3. The first-order chi connectivity index (χ1) is 11.0. The quantitative estimate of drug-likeness (QED) is 0.475. The second kappa shape index (κ2) is 7.68. The van der Waals surface area contributed by atoms with Gasteiger partial charge in [0.2, 0.25) is 0 Å². The highest BCUT2D eigenvalue weighted by molar-refractivity contribution is 6.30. The lowest BCUT2D eigenvalue weighted by atomic mass is 9.96. The predicted octanol–water partition coefficient (Wildman–Crippen LogP) is 2.35. The molecule has 23 heavy (non-hydrogen) atoms. The van der Waals surface area contributed by atoms with Crippen LogP contribution in [0.15, 0.2) is 29.3 Å². The Bertz CT molecular complexity index is 585. The summed E-state index contributed by atoms with van der Waals surface area (Å²) >= 11 is 6.10. The summed E-state index contributed by atoms with van der Waals surface area (Å²) in [4.78, 5) is 15.6. The van der Waals surface area contributed by atoms with Gasteiger partial charge in [-0.05, 0) is 30.5 Å². The van der Waals surface area contributed by atoms with Gasteiger partial charge in [0.05, 0.1) is 13.0 Å². The van der Waals surface area contributed by atoms with Gasteiger partial charge in [0.25, 0.3) is 0 Å². The molecule has 1 aliphatic rings. The van der Waals surface area contributed by atoms with Crippen molar-refractivity contribution in [3.05, 3.63) is 34.9 Å². The number of hydrogen-bond acceptors (Lipinski definition) is 3. The Morgan fingerprint density at radius 2 is 2.17 bits per heavy atom. The summed E-state index contributed by atoms with van der Waals surface area (Å²) < 4.78 is 4.72. The van der Waals surface area contributed by atoms with Crippen LogP contribution in [-0.4, -0.2) is 39.2 Å². The Labute approximate surface area is 142 Å². The molecule has 0 heterocycles. The molecule has 0 aliphatic heterocycles. The number of carbonyl (C=O) groups excluding carboxylic acids is 1. The second-order valence-corrected chi connectivity index (χ2v) is 6.46.